The van der Waals surface area contributed by atoms with E-state index in [1.807, 2.05) is 6.07 Å². The topological polar surface area (TPSA) is 18.5 Å². The van der Waals surface area contributed by atoms with Crippen LogP contribution < -0.4 is 10.2 Å². The van der Waals surface area contributed by atoms with Gasteiger partial charge < -0.3 is 10.2 Å². The highest BCUT2D eigenvalue weighted by Crippen LogP contribution is 2.37. The minimum atomic E-state index is -4.34. The fourth-order valence-electron chi connectivity index (χ4n) is 6.25. The number of piperidine rings is 1. The van der Waals surface area contributed by atoms with Gasteiger partial charge in [0.2, 0.25) is 0 Å². The molecule has 1 aliphatic heterocycles. The van der Waals surface area contributed by atoms with Gasteiger partial charge in [-0.2, -0.15) is 13.2 Å². The second-order valence-corrected chi connectivity index (χ2v) is 10.6. The number of halogens is 4. The number of hydrogen-bond donors (Lipinski definition) is 1. The highest BCUT2D eigenvalue weighted by molar-refractivity contribution is 5.50. The summed E-state index contributed by atoms with van der Waals surface area (Å²) in [5.74, 6) is -0.239. The minimum Gasteiger partial charge on any atom is -0.365 e. The number of likely N-dealkylation sites (tertiary alicyclic amines) is 1. The number of likely N-dealkylation sites (N-methyl/N-ethyl adjacent to an activating group) is 1. The molecule has 1 saturated heterocycles. The van der Waals surface area contributed by atoms with Crippen molar-refractivity contribution in [1.29, 1.82) is 0 Å². The first-order valence-electron chi connectivity index (χ1n) is 13.4. The van der Waals surface area contributed by atoms with E-state index in [1.54, 1.807) is 18.2 Å². The molecule has 1 heterocycles. The van der Waals surface area contributed by atoms with E-state index in [0.29, 0.717) is 18.2 Å². The van der Waals surface area contributed by atoms with Crippen LogP contribution in [0.15, 0.2) is 48.5 Å². The number of nitrogens with zero attached hydrogens (tertiary/aromatic N) is 2. The van der Waals surface area contributed by atoms with E-state index >= 15 is 0 Å². The van der Waals surface area contributed by atoms with E-state index in [-0.39, 0.29) is 17.4 Å². The number of nitrogens with one attached hydrogen (secondary N) is 1. The third kappa shape index (κ3) is 6.41. The van der Waals surface area contributed by atoms with Crippen LogP contribution in [0.25, 0.3) is 0 Å². The maximum Gasteiger partial charge on any atom is 0.416 e. The summed E-state index contributed by atoms with van der Waals surface area (Å²) in [5.41, 5.74) is 0.784. The van der Waals surface area contributed by atoms with Gasteiger partial charge in [-0.3, -0.25) is 4.90 Å². The van der Waals surface area contributed by atoms with E-state index < -0.39 is 11.7 Å². The molecule has 1 aliphatic carbocycles. The van der Waals surface area contributed by atoms with Crippen molar-refractivity contribution < 1.29 is 17.6 Å². The molecule has 0 radical (unpaired) electrons. The molecule has 7 heteroatoms. The third-order valence-electron chi connectivity index (χ3n) is 8.14. The molecule has 2 unspecified atom stereocenters. The molecule has 0 amide bonds. The Morgan fingerprint density at radius 1 is 1.06 bits per heavy atom. The second kappa shape index (κ2) is 11.5. The van der Waals surface area contributed by atoms with Crippen LogP contribution in [-0.4, -0.2) is 42.2 Å². The average molecular weight is 506 g/mol. The molecule has 198 valence electrons. The van der Waals surface area contributed by atoms with Crippen LogP contribution in [0.2, 0.25) is 0 Å². The van der Waals surface area contributed by atoms with Crippen LogP contribution >= 0.6 is 0 Å². The molecular weight excluding hydrogens is 466 g/mol. The molecule has 2 aromatic rings. The van der Waals surface area contributed by atoms with E-state index in [2.05, 4.69) is 29.0 Å². The largest absolute Gasteiger partial charge is 0.416 e. The van der Waals surface area contributed by atoms with E-state index in [0.717, 1.165) is 44.2 Å². The van der Waals surface area contributed by atoms with Crippen molar-refractivity contribution in [2.75, 3.05) is 24.5 Å². The summed E-state index contributed by atoms with van der Waals surface area (Å²) in [4.78, 5) is 4.64. The SMILES string of the molecule is CCN(c1cccc(F)c1)C1(CNC2CCCCC2)CCN(Cc2cccc(C(F)(F)F)c2)C(C)C1. The van der Waals surface area contributed by atoms with Crippen LogP contribution in [-0.2, 0) is 12.7 Å². The standard InChI is InChI=1S/C29H39F4N3/c1-3-36(27-14-8-11-25(30)18-27)28(21-34-26-12-5-4-6-13-26)15-16-35(22(2)19-28)20-23-9-7-10-24(17-23)29(31,32)33/h7-11,14,17-18,22,26,34H,3-6,12-13,15-16,19-21H2,1-2H3. The third-order valence-corrected chi connectivity index (χ3v) is 8.14. The number of benzene rings is 2. The summed E-state index contributed by atoms with van der Waals surface area (Å²) in [6.07, 6.45) is 3.58. The Labute approximate surface area is 212 Å². The first-order chi connectivity index (χ1) is 17.2. The van der Waals surface area contributed by atoms with Crippen LogP contribution in [0.3, 0.4) is 0 Å². The summed E-state index contributed by atoms with van der Waals surface area (Å²) in [5, 5.41) is 3.86. The molecule has 2 fully saturated rings. The zero-order valence-electron chi connectivity index (χ0n) is 21.5. The molecule has 1 saturated carbocycles. The van der Waals surface area contributed by atoms with Gasteiger partial charge in [0, 0.05) is 44.0 Å². The minimum absolute atomic E-state index is 0.170. The maximum absolute atomic E-state index is 14.2. The van der Waals surface area contributed by atoms with Crippen molar-refractivity contribution in [2.45, 2.75) is 89.1 Å². The Morgan fingerprint density at radius 2 is 1.81 bits per heavy atom. The monoisotopic (exact) mass is 505 g/mol. The summed E-state index contributed by atoms with van der Waals surface area (Å²) in [7, 11) is 0. The molecule has 2 aromatic carbocycles. The normalized spacial score (nSPS) is 24.1. The molecular formula is C29H39F4N3. The summed E-state index contributed by atoms with van der Waals surface area (Å²) < 4.78 is 53.9. The fourth-order valence-corrected chi connectivity index (χ4v) is 6.25. The van der Waals surface area contributed by atoms with Gasteiger partial charge in [0.25, 0.3) is 0 Å². The van der Waals surface area contributed by atoms with Crippen LogP contribution in [0.5, 0.6) is 0 Å². The van der Waals surface area contributed by atoms with Gasteiger partial charge in [-0.05, 0) is 69.4 Å². The Morgan fingerprint density at radius 3 is 2.47 bits per heavy atom. The van der Waals surface area contributed by atoms with Crippen molar-refractivity contribution in [3.63, 3.8) is 0 Å². The number of alkyl halides is 3. The number of anilines is 1. The van der Waals surface area contributed by atoms with Crippen molar-refractivity contribution in [3.8, 4) is 0 Å². The van der Waals surface area contributed by atoms with E-state index in [9.17, 15) is 17.6 Å². The summed E-state index contributed by atoms with van der Waals surface area (Å²) in [6, 6.07) is 13.2. The van der Waals surface area contributed by atoms with E-state index in [4.69, 9.17) is 0 Å². The zero-order valence-corrected chi connectivity index (χ0v) is 21.5. The maximum atomic E-state index is 14.2. The van der Waals surface area contributed by atoms with Gasteiger partial charge in [0.1, 0.15) is 5.82 Å². The van der Waals surface area contributed by atoms with Gasteiger partial charge in [-0.25, -0.2) is 4.39 Å². The lowest BCUT2D eigenvalue weighted by Crippen LogP contribution is -2.63. The van der Waals surface area contributed by atoms with Gasteiger partial charge in [0.15, 0.2) is 0 Å². The van der Waals surface area contributed by atoms with E-state index in [1.165, 1.54) is 50.3 Å². The first-order valence-corrected chi connectivity index (χ1v) is 13.4. The zero-order chi connectivity index (χ0) is 25.8. The lowest BCUT2D eigenvalue weighted by atomic mass is 9.80. The predicted octanol–water partition coefficient (Wildman–Crippen LogP) is 7.02. The molecule has 36 heavy (non-hydrogen) atoms. The Bertz CT molecular complexity index is 988. The predicted molar refractivity (Wildman–Crippen MR) is 138 cm³/mol. The lowest BCUT2D eigenvalue weighted by Gasteiger charge is -2.53. The Balaban J connectivity index is 1.54. The molecule has 0 bridgehead atoms. The van der Waals surface area contributed by atoms with Crippen LogP contribution in [0, 0.1) is 5.82 Å². The van der Waals surface area contributed by atoms with Crippen molar-refractivity contribution >= 4 is 5.69 Å². The van der Waals surface area contributed by atoms with Crippen molar-refractivity contribution in [2.24, 2.45) is 0 Å². The Hall–Kier alpha value is -2.12. The number of rotatable bonds is 8. The summed E-state index contributed by atoms with van der Waals surface area (Å²) in [6.45, 7) is 7.13. The van der Waals surface area contributed by atoms with Crippen LogP contribution in [0.1, 0.15) is 69.9 Å². The molecule has 4 rings (SSSR count). The smallest absolute Gasteiger partial charge is 0.365 e. The van der Waals surface area contributed by atoms with Gasteiger partial charge in [-0.1, -0.05) is 43.5 Å². The molecule has 2 aliphatic rings. The van der Waals surface area contributed by atoms with Gasteiger partial charge in [0.05, 0.1) is 11.1 Å². The van der Waals surface area contributed by atoms with Gasteiger partial charge in [-0.15, -0.1) is 0 Å². The average Bonchev–Trinajstić information content (AvgIpc) is 2.85. The van der Waals surface area contributed by atoms with Crippen molar-refractivity contribution in [3.05, 3.63) is 65.5 Å². The first kappa shape index (κ1) is 26.9. The molecule has 0 spiro atoms. The lowest BCUT2D eigenvalue weighted by molar-refractivity contribution is -0.137. The summed E-state index contributed by atoms with van der Waals surface area (Å²) >= 11 is 0. The quantitative estimate of drug-likeness (QED) is 0.389. The molecule has 1 N–H and O–H groups in total. The second-order valence-electron chi connectivity index (χ2n) is 10.6. The molecule has 2 atom stereocenters. The van der Waals surface area contributed by atoms with Crippen molar-refractivity contribution in [1.82, 2.24) is 10.2 Å². The number of hydrogen-bond acceptors (Lipinski definition) is 3. The fraction of sp³-hybridized carbons (Fsp3) is 0.586. The van der Waals surface area contributed by atoms with Crippen LogP contribution in [0.4, 0.5) is 23.2 Å². The molecule has 3 nitrogen and oxygen atoms in total. The van der Waals surface area contributed by atoms with Gasteiger partial charge >= 0.3 is 6.18 Å². The highest BCUT2D eigenvalue weighted by atomic mass is 19.4. The Kier molecular flexibility index (Phi) is 8.61. The highest BCUT2D eigenvalue weighted by Gasteiger charge is 2.43. The molecule has 0 aromatic heterocycles.